The lowest BCUT2D eigenvalue weighted by molar-refractivity contribution is 0.145. The molecule has 9 heteroatoms. The van der Waals surface area contributed by atoms with Gasteiger partial charge in [-0.15, -0.1) is 0 Å². The normalized spacial score (nSPS) is 14.9. The van der Waals surface area contributed by atoms with E-state index < -0.39 is 0 Å². The lowest BCUT2D eigenvalue weighted by Crippen LogP contribution is -2.44. The number of ether oxygens (including phenoxy) is 3. The molecular weight excluding hydrogens is 442 g/mol. The van der Waals surface area contributed by atoms with Gasteiger partial charge in [0.2, 0.25) is 0 Å². The summed E-state index contributed by atoms with van der Waals surface area (Å²) in [5, 5.41) is 4.65. The Morgan fingerprint density at radius 3 is 2.58 bits per heavy atom. The van der Waals surface area contributed by atoms with E-state index in [1.807, 2.05) is 24.3 Å². The second-order valence-electron chi connectivity index (χ2n) is 8.06. The summed E-state index contributed by atoms with van der Waals surface area (Å²) in [5.74, 6) is 2.63. The van der Waals surface area contributed by atoms with Crippen molar-refractivity contribution in [1.29, 1.82) is 0 Å². The van der Waals surface area contributed by atoms with Gasteiger partial charge in [0, 0.05) is 50.2 Å². The average molecular weight is 472 g/mol. The predicted octanol–water partition coefficient (Wildman–Crippen LogP) is 4.06. The molecule has 3 aromatic rings. The highest BCUT2D eigenvalue weighted by Gasteiger charge is 2.15. The number of nitrogens with zero attached hydrogens (tertiary/aromatic N) is 4. The Kier molecular flexibility index (Phi) is 7.69. The minimum absolute atomic E-state index is 0.565. The van der Waals surface area contributed by atoms with Crippen LogP contribution in [0.1, 0.15) is 6.42 Å². The number of hydrogen-bond acceptors (Lipinski definition) is 8. The molecule has 4 rings (SSSR count). The van der Waals surface area contributed by atoms with E-state index >= 15 is 0 Å². The van der Waals surface area contributed by atoms with Crippen LogP contribution in [0, 0.1) is 0 Å². The fourth-order valence-electron chi connectivity index (χ4n) is 3.83. The maximum absolute atomic E-state index is 6.36. The van der Waals surface area contributed by atoms with E-state index in [0.29, 0.717) is 40.4 Å². The molecule has 1 aliphatic heterocycles. The molecule has 0 atom stereocenters. The third-order valence-electron chi connectivity index (χ3n) is 5.82. The Morgan fingerprint density at radius 1 is 1.00 bits per heavy atom. The lowest BCUT2D eigenvalue weighted by Gasteiger charge is -2.32. The Balaban J connectivity index is 1.47. The first-order chi connectivity index (χ1) is 16.1. The van der Waals surface area contributed by atoms with E-state index in [-0.39, 0.29) is 0 Å². The summed E-state index contributed by atoms with van der Waals surface area (Å²) in [6.45, 7) is 6.11. The number of rotatable bonds is 9. The molecule has 0 spiro atoms. The molecule has 0 bridgehead atoms. The summed E-state index contributed by atoms with van der Waals surface area (Å²) in [4.78, 5) is 13.7. The molecule has 1 fully saturated rings. The fourth-order valence-corrected chi connectivity index (χ4v) is 4.00. The molecule has 176 valence electrons. The fraction of sp³-hybridized carbons (Fsp3) is 0.417. The minimum Gasteiger partial charge on any atom is -0.497 e. The Bertz CT molecular complexity index is 1090. The molecule has 1 saturated heterocycles. The van der Waals surface area contributed by atoms with Gasteiger partial charge in [-0.2, -0.15) is 0 Å². The molecule has 0 saturated carbocycles. The highest BCUT2D eigenvalue weighted by atomic mass is 35.5. The summed E-state index contributed by atoms with van der Waals surface area (Å²) >= 11 is 6.36. The average Bonchev–Trinajstić information content (AvgIpc) is 2.84. The van der Waals surface area contributed by atoms with Gasteiger partial charge in [0.25, 0.3) is 0 Å². The third kappa shape index (κ3) is 5.76. The van der Waals surface area contributed by atoms with Crippen molar-refractivity contribution < 1.29 is 14.2 Å². The van der Waals surface area contributed by atoms with Crippen molar-refractivity contribution in [2.75, 3.05) is 65.9 Å². The smallest absolute Gasteiger partial charge is 0.163 e. The number of fused-ring (bicyclic) bond motifs is 1. The zero-order chi connectivity index (χ0) is 23.2. The van der Waals surface area contributed by atoms with Gasteiger partial charge < -0.3 is 29.3 Å². The highest BCUT2D eigenvalue weighted by molar-refractivity contribution is 6.33. The number of nitrogens with one attached hydrogen (secondary N) is 1. The summed E-state index contributed by atoms with van der Waals surface area (Å²) in [5.41, 5.74) is 1.45. The van der Waals surface area contributed by atoms with Crippen LogP contribution in [0.4, 0.5) is 11.5 Å². The Morgan fingerprint density at radius 2 is 1.82 bits per heavy atom. The van der Waals surface area contributed by atoms with E-state index in [9.17, 15) is 0 Å². The van der Waals surface area contributed by atoms with Crippen molar-refractivity contribution in [2.45, 2.75) is 6.42 Å². The van der Waals surface area contributed by atoms with Gasteiger partial charge in [0.15, 0.2) is 11.5 Å². The molecule has 0 amide bonds. The SMILES string of the molecule is COc1ccc(Cl)c(Nc2ncnc3cc(OCCCN4CCN(C)CC4)c(OC)cc23)c1. The summed E-state index contributed by atoms with van der Waals surface area (Å²) in [6.07, 6.45) is 2.47. The van der Waals surface area contributed by atoms with Gasteiger partial charge in [-0.1, -0.05) is 11.6 Å². The molecule has 33 heavy (non-hydrogen) atoms. The number of hydrogen-bond donors (Lipinski definition) is 1. The maximum Gasteiger partial charge on any atom is 0.163 e. The topological polar surface area (TPSA) is 72.0 Å². The van der Waals surface area contributed by atoms with Crippen LogP contribution in [0.5, 0.6) is 17.2 Å². The first-order valence-electron chi connectivity index (χ1n) is 11.0. The Hall–Kier alpha value is -2.81. The largest absolute Gasteiger partial charge is 0.497 e. The van der Waals surface area contributed by atoms with Crippen LogP contribution in [-0.2, 0) is 0 Å². The molecule has 0 radical (unpaired) electrons. The quantitative estimate of drug-likeness (QED) is 0.468. The molecule has 1 aromatic heterocycles. The first-order valence-corrected chi connectivity index (χ1v) is 11.4. The van der Waals surface area contributed by atoms with Crippen LogP contribution in [0.3, 0.4) is 0 Å². The zero-order valence-corrected chi connectivity index (χ0v) is 20.1. The maximum atomic E-state index is 6.36. The lowest BCUT2D eigenvalue weighted by atomic mass is 10.2. The van der Waals surface area contributed by atoms with E-state index in [0.717, 1.165) is 50.0 Å². The summed E-state index contributed by atoms with van der Waals surface area (Å²) in [6, 6.07) is 9.19. The van der Waals surface area contributed by atoms with Gasteiger partial charge in [0.05, 0.1) is 37.1 Å². The molecule has 8 nitrogen and oxygen atoms in total. The number of methoxy groups -OCH3 is 2. The first kappa shape index (κ1) is 23.4. The summed E-state index contributed by atoms with van der Waals surface area (Å²) < 4.78 is 17.0. The summed E-state index contributed by atoms with van der Waals surface area (Å²) in [7, 11) is 5.42. The van der Waals surface area contributed by atoms with Crippen LogP contribution in [-0.4, -0.2) is 80.4 Å². The molecular formula is C24H30ClN5O3. The molecule has 0 unspecified atom stereocenters. The monoisotopic (exact) mass is 471 g/mol. The van der Waals surface area contributed by atoms with Gasteiger partial charge >= 0.3 is 0 Å². The second kappa shape index (κ2) is 10.9. The Labute approximate surface area is 199 Å². The molecule has 2 aromatic carbocycles. The number of halogens is 1. The third-order valence-corrected chi connectivity index (χ3v) is 6.15. The van der Waals surface area contributed by atoms with Crippen molar-refractivity contribution >= 4 is 34.0 Å². The van der Waals surface area contributed by atoms with Crippen molar-refractivity contribution in [1.82, 2.24) is 19.8 Å². The van der Waals surface area contributed by atoms with Gasteiger partial charge in [-0.3, -0.25) is 0 Å². The van der Waals surface area contributed by atoms with Crippen molar-refractivity contribution in [2.24, 2.45) is 0 Å². The van der Waals surface area contributed by atoms with Gasteiger partial charge in [-0.25, -0.2) is 9.97 Å². The van der Waals surface area contributed by atoms with Crippen LogP contribution in [0.15, 0.2) is 36.7 Å². The molecule has 2 heterocycles. The molecule has 1 aliphatic rings. The zero-order valence-electron chi connectivity index (χ0n) is 19.3. The van der Waals surface area contributed by atoms with E-state index in [2.05, 4.69) is 32.1 Å². The number of anilines is 2. The number of piperazine rings is 1. The van der Waals surface area contributed by atoms with Crippen molar-refractivity contribution in [3.8, 4) is 17.2 Å². The van der Waals surface area contributed by atoms with E-state index in [1.54, 1.807) is 20.3 Å². The van der Waals surface area contributed by atoms with Gasteiger partial charge in [0.1, 0.15) is 17.9 Å². The van der Waals surface area contributed by atoms with Crippen LogP contribution in [0.2, 0.25) is 5.02 Å². The number of benzene rings is 2. The van der Waals surface area contributed by atoms with Gasteiger partial charge in [-0.05, 0) is 31.7 Å². The van der Waals surface area contributed by atoms with E-state index in [4.69, 9.17) is 25.8 Å². The second-order valence-corrected chi connectivity index (χ2v) is 8.47. The molecule has 1 N–H and O–H groups in total. The minimum atomic E-state index is 0.565. The van der Waals surface area contributed by atoms with Crippen molar-refractivity contribution in [3.63, 3.8) is 0 Å². The van der Waals surface area contributed by atoms with Crippen LogP contribution < -0.4 is 19.5 Å². The number of aromatic nitrogens is 2. The molecule has 0 aliphatic carbocycles. The standard InChI is InChI=1S/C24H30ClN5O3/c1-29-8-10-30(11-9-29)7-4-12-33-23-15-20-18(14-22(23)32-3)24(27-16-26-20)28-21-13-17(31-2)5-6-19(21)25/h5-6,13-16H,4,7-12H2,1-3H3,(H,26,27,28). The van der Waals surface area contributed by atoms with Crippen LogP contribution >= 0.6 is 11.6 Å². The highest BCUT2D eigenvalue weighted by Crippen LogP contribution is 2.36. The van der Waals surface area contributed by atoms with Crippen molar-refractivity contribution in [3.05, 3.63) is 41.7 Å². The van der Waals surface area contributed by atoms with E-state index in [1.165, 1.54) is 6.33 Å². The van der Waals surface area contributed by atoms with Crippen LogP contribution in [0.25, 0.3) is 10.9 Å². The predicted molar refractivity (Wildman–Crippen MR) is 131 cm³/mol. The number of likely N-dealkylation sites (N-methyl/N-ethyl adjacent to an activating group) is 1.